The molecular weight excluding hydrogens is 196 g/mol. The quantitative estimate of drug-likeness (QED) is 0.777. The van der Waals surface area contributed by atoms with Crippen molar-refractivity contribution < 1.29 is 0 Å². The van der Waals surface area contributed by atoms with E-state index in [2.05, 4.69) is 46.5 Å². The topological polar surface area (TPSA) is 28.7 Å². The third-order valence-corrected chi connectivity index (χ3v) is 3.28. The van der Waals surface area contributed by atoms with Crippen LogP contribution in [0.25, 0.3) is 0 Å². The molecule has 1 N–H and O–H groups in total. The molecule has 0 aliphatic rings. The smallest absolute Gasteiger partial charge is 0.109 e. The fraction of sp³-hybridized carbons (Fsp3) is 0.786. The van der Waals surface area contributed by atoms with Gasteiger partial charge in [0.2, 0.25) is 0 Å². The minimum atomic E-state index is 0.511. The fourth-order valence-corrected chi connectivity index (χ4v) is 2.17. The third kappa shape index (κ3) is 2.66. The fourth-order valence-electron chi connectivity index (χ4n) is 2.17. The monoisotopic (exact) mass is 222 g/mol. The summed E-state index contributed by atoms with van der Waals surface area (Å²) in [5, 5.41) is 0. The molecule has 0 aliphatic carbocycles. The number of hydrogen-bond acceptors (Lipinski definition) is 1. The Kier molecular flexibility index (Phi) is 4.57. The van der Waals surface area contributed by atoms with Crippen LogP contribution in [0.5, 0.6) is 0 Å². The van der Waals surface area contributed by atoms with Gasteiger partial charge >= 0.3 is 0 Å². The number of aromatic amines is 1. The minimum absolute atomic E-state index is 0.511. The van der Waals surface area contributed by atoms with E-state index >= 15 is 0 Å². The Balaban J connectivity index is 3.10. The number of nitrogens with one attached hydrogen (secondary N) is 1. The van der Waals surface area contributed by atoms with Crippen molar-refractivity contribution in [3.8, 4) is 0 Å². The molecule has 0 amide bonds. The van der Waals surface area contributed by atoms with Gasteiger partial charge in [-0.15, -0.1) is 0 Å². The van der Waals surface area contributed by atoms with Gasteiger partial charge in [-0.1, -0.05) is 41.5 Å². The van der Waals surface area contributed by atoms with Gasteiger partial charge < -0.3 is 4.98 Å². The second-order valence-electron chi connectivity index (χ2n) is 5.24. The molecule has 0 saturated heterocycles. The first-order valence-corrected chi connectivity index (χ1v) is 6.60. The van der Waals surface area contributed by atoms with Gasteiger partial charge in [0.05, 0.1) is 5.69 Å². The highest BCUT2D eigenvalue weighted by Crippen LogP contribution is 2.28. The van der Waals surface area contributed by atoms with Gasteiger partial charge in [0, 0.05) is 11.6 Å². The van der Waals surface area contributed by atoms with Crippen molar-refractivity contribution in [3.05, 3.63) is 17.2 Å². The van der Waals surface area contributed by atoms with Crippen LogP contribution < -0.4 is 0 Å². The summed E-state index contributed by atoms with van der Waals surface area (Å²) in [6.07, 6.45) is 2.33. The second kappa shape index (κ2) is 5.51. The molecule has 1 aromatic heterocycles. The SMILES string of the molecule is CCC(CC)c1nc(C(C)C)c(C(C)C)[nH]1. The molecule has 0 radical (unpaired) electrons. The Morgan fingerprint density at radius 3 is 1.88 bits per heavy atom. The van der Waals surface area contributed by atoms with Crippen molar-refractivity contribution in [1.29, 1.82) is 0 Å². The van der Waals surface area contributed by atoms with Crippen LogP contribution in [0.15, 0.2) is 0 Å². The van der Waals surface area contributed by atoms with Crippen LogP contribution in [0.4, 0.5) is 0 Å². The predicted octanol–water partition coefficient (Wildman–Crippen LogP) is 4.56. The van der Waals surface area contributed by atoms with E-state index in [1.807, 2.05) is 0 Å². The number of hydrogen-bond donors (Lipinski definition) is 1. The van der Waals surface area contributed by atoms with E-state index in [-0.39, 0.29) is 0 Å². The van der Waals surface area contributed by atoms with Gasteiger partial charge in [0.25, 0.3) is 0 Å². The van der Waals surface area contributed by atoms with Gasteiger partial charge in [-0.3, -0.25) is 0 Å². The Labute approximate surface area is 99.9 Å². The zero-order valence-corrected chi connectivity index (χ0v) is 11.6. The van der Waals surface area contributed by atoms with Crippen molar-refractivity contribution in [2.24, 2.45) is 0 Å². The van der Waals surface area contributed by atoms with Crippen LogP contribution in [-0.2, 0) is 0 Å². The van der Waals surface area contributed by atoms with Gasteiger partial charge in [-0.05, 0) is 24.7 Å². The summed E-state index contributed by atoms with van der Waals surface area (Å²) in [7, 11) is 0. The van der Waals surface area contributed by atoms with Crippen LogP contribution in [-0.4, -0.2) is 9.97 Å². The molecule has 0 saturated carbocycles. The Hall–Kier alpha value is -0.790. The standard InChI is InChI=1S/C14H26N2/c1-7-11(8-2)14-15-12(9(3)4)13(16-14)10(5)6/h9-11H,7-8H2,1-6H3,(H,15,16). The molecule has 0 aliphatic heterocycles. The summed E-state index contributed by atoms with van der Waals surface area (Å²) in [6.45, 7) is 13.4. The first kappa shape index (κ1) is 13.3. The van der Waals surface area contributed by atoms with Crippen LogP contribution in [0.2, 0.25) is 0 Å². The maximum Gasteiger partial charge on any atom is 0.109 e. The molecule has 0 atom stereocenters. The lowest BCUT2D eigenvalue weighted by Crippen LogP contribution is -1.98. The zero-order chi connectivity index (χ0) is 12.3. The first-order valence-electron chi connectivity index (χ1n) is 6.60. The van der Waals surface area contributed by atoms with E-state index in [0.717, 1.165) is 0 Å². The van der Waals surface area contributed by atoms with E-state index in [1.165, 1.54) is 30.1 Å². The summed E-state index contributed by atoms with van der Waals surface area (Å²) in [5.74, 6) is 2.83. The summed E-state index contributed by atoms with van der Waals surface area (Å²) >= 11 is 0. The van der Waals surface area contributed by atoms with Gasteiger partial charge in [0.1, 0.15) is 5.82 Å². The highest BCUT2D eigenvalue weighted by atomic mass is 14.9. The minimum Gasteiger partial charge on any atom is -0.345 e. The average Bonchev–Trinajstić information content (AvgIpc) is 2.64. The van der Waals surface area contributed by atoms with E-state index < -0.39 is 0 Å². The Bertz CT molecular complexity index is 294. The lowest BCUT2D eigenvalue weighted by molar-refractivity contribution is 0.604. The molecule has 92 valence electrons. The predicted molar refractivity (Wildman–Crippen MR) is 70.1 cm³/mol. The summed E-state index contributed by atoms with van der Waals surface area (Å²) in [4.78, 5) is 8.37. The lowest BCUT2D eigenvalue weighted by atomic mass is 10.0. The summed E-state index contributed by atoms with van der Waals surface area (Å²) < 4.78 is 0. The first-order chi connectivity index (χ1) is 7.51. The van der Waals surface area contributed by atoms with E-state index in [1.54, 1.807) is 0 Å². The number of aromatic nitrogens is 2. The van der Waals surface area contributed by atoms with Crippen molar-refractivity contribution in [3.63, 3.8) is 0 Å². The normalized spacial score (nSPS) is 12.1. The zero-order valence-electron chi connectivity index (χ0n) is 11.6. The number of imidazole rings is 1. The van der Waals surface area contributed by atoms with Crippen LogP contribution in [0, 0.1) is 0 Å². The lowest BCUT2D eigenvalue weighted by Gasteiger charge is -2.08. The molecule has 16 heavy (non-hydrogen) atoms. The highest BCUT2D eigenvalue weighted by Gasteiger charge is 2.19. The van der Waals surface area contributed by atoms with Crippen molar-refractivity contribution >= 4 is 0 Å². The molecule has 1 heterocycles. The van der Waals surface area contributed by atoms with Crippen LogP contribution >= 0.6 is 0 Å². The Morgan fingerprint density at radius 2 is 1.56 bits per heavy atom. The van der Waals surface area contributed by atoms with Crippen LogP contribution in [0.1, 0.15) is 89.4 Å². The molecular formula is C14H26N2. The summed E-state index contributed by atoms with van der Waals surface area (Å²) in [6, 6.07) is 0. The molecule has 0 unspecified atom stereocenters. The van der Waals surface area contributed by atoms with Gasteiger partial charge in [-0.2, -0.15) is 0 Å². The van der Waals surface area contributed by atoms with E-state index in [0.29, 0.717) is 17.8 Å². The van der Waals surface area contributed by atoms with Crippen molar-refractivity contribution in [1.82, 2.24) is 9.97 Å². The molecule has 0 fully saturated rings. The largest absolute Gasteiger partial charge is 0.345 e. The Morgan fingerprint density at radius 1 is 1.00 bits per heavy atom. The second-order valence-corrected chi connectivity index (χ2v) is 5.24. The molecule has 1 rings (SSSR count). The molecule has 0 bridgehead atoms. The number of rotatable bonds is 5. The molecule has 0 spiro atoms. The highest BCUT2D eigenvalue weighted by molar-refractivity contribution is 5.22. The molecule has 2 nitrogen and oxygen atoms in total. The van der Waals surface area contributed by atoms with Crippen molar-refractivity contribution in [2.75, 3.05) is 0 Å². The summed E-state index contributed by atoms with van der Waals surface area (Å²) in [5.41, 5.74) is 2.59. The average molecular weight is 222 g/mol. The van der Waals surface area contributed by atoms with Crippen molar-refractivity contribution in [2.45, 2.75) is 72.1 Å². The maximum absolute atomic E-state index is 4.82. The van der Waals surface area contributed by atoms with Gasteiger partial charge in [-0.25, -0.2) is 4.98 Å². The van der Waals surface area contributed by atoms with E-state index in [9.17, 15) is 0 Å². The van der Waals surface area contributed by atoms with Gasteiger partial charge in [0.15, 0.2) is 0 Å². The maximum atomic E-state index is 4.82. The number of nitrogens with zero attached hydrogens (tertiary/aromatic N) is 1. The molecule has 0 aromatic carbocycles. The van der Waals surface area contributed by atoms with Crippen LogP contribution in [0.3, 0.4) is 0 Å². The third-order valence-electron chi connectivity index (χ3n) is 3.28. The number of H-pyrrole nitrogens is 1. The molecule has 2 heteroatoms. The van der Waals surface area contributed by atoms with E-state index in [4.69, 9.17) is 4.98 Å². The molecule has 1 aromatic rings.